The van der Waals surface area contributed by atoms with Crippen molar-refractivity contribution in [3.63, 3.8) is 0 Å². The van der Waals surface area contributed by atoms with Gasteiger partial charge in [-0.25, -0.2) is 0 Å². The molecule has 1 amide bonds. The van der Waals surface area contributed by atoms with Crippen LogP contribution >= 0.6 is 0 Å². The van der Waals surface area contributed by atoms with Crippen LogP contribution in [-0.4, -0.2) is 17.0 Å². The van der Waals surface area contributed by atoms with Gasteiger partial charge in [-0.15, -0.1) is 0 Å². The Morgan fingerprint density at radius 1 is 1.18 bits per heavy atom. The predicted octanol–water partition coefficient (Wildman–Crippen LogP) is 4.00. The van der Waals surface area contributed by atoms with E-state index in [0.29, 0.717) is 12.8 Å². The Hall–Kier alpha value is -1.84. The minimum atomic E-state index is -0.856. The Morgan fingerprint density at radius 2 is 1.82 bits per heavy atom. The van der Waals surface area contributed by atoms with Gasteiger partial charge in [0.2, 0.25) is 5.91 Å². The number of carboxylic acids is 1. The van der Waals surface area contributed by atoms with Crippen LogP contribution < -0.4 is 5.32 Å². The maximum absolute atomic E-state index is 12.2. The Balaban J connectivity index is 1.92. The van der Waals surface area contributed by atoms with Crippen LogP contribution in [0, 0.1) is 5.41 Å². The lowest BCUT2D eigenvalue weighted by Crippen LogP contribution is -2.32. The van der Waals surface area contributed by atoms with E-state index in [1.54, 1.807) is 0 Å². The summed E-state index contributed by atoms with van der Waals surface area (Å²) in [5, 5.41) is 12.2. The van der Waals surface area contributed by atoms with Crippen LogP contribution in [0.1, 0.15) is 57.4 Å². The molecule has 0 atom stereocenters. The first-order valence-corrected chi connectivity index (χ1v) is 8.18. The lowest BCUT2D eigenvalue weighted by molar-refractivity contribution is -0.150. The maximum atomic E-state index is 12.2. The smallest absolute Gasteiger partial charge is 0.310 e. The van der Waals surface area contributed by atoms with Crippen molar-refractivity contribution in [3.05, 3.63) is 29.8 Å². The molecule has 0 unspecified atom stereocenters. The summed E-state index contributed by atoms with van der Waals surface area (Å²) in [5.41, 5.74) is 1.15. The first-order chi connectivity index (χ1) is 10.6. The van der Waals surface area contributed by atoms with Crippen molar-refractivity contribution in [3.8, 4) is 0 Å². The second-order valence-electron chi connectivity index (χ2n) is 6.32. The van der Waals surface area contributed by atoms with E-state index in [9.17, 15) is 14.7 Å². The number of nitrogens with one attached hydrogen (secondary N) is 1. The van der Waals surface area contributed by atoms with Gasteiger partial charge in [0.15, 0.2) is 0 Å². The number of aliphatic carboxylic acids is 1. The average Bonchev–Trinajstić information content (AvgIpc) is 2.96. The van der Waals surface area contributed by atoms with Gasteiger partial charge in [0.05, 0.1) is 5.41 Å². The standard InChI is InChI=1S/C18H25NO3/c1-2-3-6-14-7-9-15(10-8-14)19-16(20)13-18(17(21)22)11-4-5-12-18/h7-10H,2-6,11-13H2,1H3,(H,19,20)(H,21,22). The molecule has 22 heavy (non-hydrogen) atoms. The molecule has 0 spiro atoms. The van der Waals surface area contributed by atoms with Crippen molar-refractivity contribution in [1.82, 2.24) is 0 Å². The molecule has 0 saturated heterocycles. The summed E-state index contributed by atoms with van der Waals surface area (Å²) < 4.78 is 0. The van der Waals surface area contributed by atoms with Gasteiger partial charge in [0.1, 0.15) is 0 Å². The molecule has 120 valence electrons. The zero-order valence-electron chi connectivity index (χ0n) is 13.2. The molecular weight excluding hydrogens is 278 g/mol. The van der Waals surface area contributed by atoms with E-state index < -0.39 is 11.4 Å². The highest BCUT2D eigenvalue weighted by atomic mass is 16.4. The second-order valence-corrected chi connectivity index (χ2v) is 6.32. The average molecular weight is 303 g/mol. The van der Waals surface area contributed by atoms with Crippen molar-refractivity contribution in [1.29, 1.82) is 0 Å². The van der Waals surface area contributed by atoms with E-state index >= 15 is 0 Å². The summed E-state index contributed by atoms with van der Waals surface area (Å²) in [6, 6.07) is 7.83. The lowest BCUT2D eigenvalue weighted by Gasteiger charge is -2.22. The van der Waals surface area contributed by atoms with Crippen LogP contribution in [0.25, 0.3) is 0 Å². The molecule has 2 rings (SSSR count). The van der Waals surface area contributed by atoms with E-state index in [4.69, 9.17) is 0 Å². The number of aryl methyl sites for hydroxylation is 1. The Morgan fingerprint density at radius 3 is 2.36 bits per heavy atom. The Bertz CT molecular complexity index is 516. The normalized spacial score (nSPS) is 16.4. The number of hydrogen-bond donors (Lipinski definition) is 2. The third-order valence-electron chi connectivity index (χ3n) is 4.57. The van der Waals surface area contributed by atoms with E-state index in [2.05, 4.69) is 12.2 Å². The molecule has 0 aromatic heterocycles. The van der Waals surface area contributed by atoms with Crippen LogP contribution in [0.4, 0.5) is 5.69 Å². The van der Waals surface area contributed by atoms with Gasteiger partial charge in [-0.05, 0) is 43.4 Å². The molecule has 1 fully saturated rings. The number of amides is 1. The minimum absolute atomic E-state index is 0.0694. The van der Waals surface area contributed by atoms with E-state index in [1.807, 2.05) is 24.3 Å². The maximum Gasteiger partial charge on any atom is 0.310 e. The zero-order chi connectivity index (χ0) is 16.0. The fourth-order valence-electron chi connectivity index (χ4n) is 3.17. The third kappa shape index (κ3) is 4.09. The predicted molar refractivity (Wildman–Crippen MR) is 86.8 cm³/mol. The van der Waals surface area contributed by atoms with Gasteiger partial charge >= 0.3 is 5.97 Å². The van der Waals surface area contributed by atoms with Crippen LogP contribution in [0.15, 0.2) is 24.3 Å². The first-order valence-electron chi connectivity index (χ1n) is 8.18. The number of carboxylic acid groups (broad SMARTS) is 1. The van der Waals surface area contributed by atoms with Crippen molar-refractivity contribution in [2.45, 2.75) is 58.3 Å². The van der Waals surface area contributed by atoms with E-state index in [0.717, 1.165) is 37.8 Å². The highest BCUT2D eigenvalue weighted by molar-refractivity contribution is 5.94. The number of carbonyl (C=O) groups is 2. The highest BCUT2D eigenvalue weighted by Crippen LogP contribution is 2.41. The fraction of sp³-hybridized carbons (Fsp3) is 0.556. The van der Waals surface area contributed by atoms with Gasteiger partial charge in [0, 0.05) is 12.1 Å². The number of rotatable bonds is 7. The molecular formula is C18H25NO3. The summed E-state index contributed by atoms with van der Waals surface area (Å²) in [7, 11) is 0. The molecule has 4 nitrogen and oxygen atoms in total. The molecule has 1 aromatic rings. The molecule has 1 saturated carbocycles. The molecule has 0 aliphatic heterocycles. The minimum Gasteiger partial charge on any atom is -0.481 e. The molecule has 1 aliphatic rings. The summed E-state index contributed by atoms with van der Waals surface area (Å²) >= 11 is 0. The third-order valence-corrected chi connectivity index (χ3v) is 4.57. The largest absolute Gasteiger partial charge is 0.481 e. The Kier molecular flexibility index (Phi) is 5.58. The van der Waals surface area contributed by atoms with Gasteiger partial charge in [-0.1, -0.05) is 38.3 Å². The quantitative estimate of drug-likeness (QED) is 0.800. The summed E-state index contributed by atoms with van der Waals surface area (Å²) in [6.07, 6.45) is 6.43. The summed E-state index contributed by atoms with van der Waals surface area (Å²) in [6.45, 7) is 2.16. The molecule has 2 N–H and O–H groups in total. The van der Waals surface area contributed by atoms with E-state index in [-0.39, 0.29) is 12.3 Å². The van der Waals surface area contributed by atoms with Crippen molar-refractivity contribution in [2.75, 3.05) is 5.32 Å². The lowest BCUT2D eigenvalue weighted by atomic mass is 9.82. The van der Waals surface area contributed by atoms with Crippen molar-refractivity contribution < 1.29 is 14.7 Å². The molecule has 4 heteroatoms. The number of carbonyl (C=O) groups excluding carboxylic acids is 1. The van der Waals surface area contributed by atoms with Gasteiger partial charge in [-0.3, -0.25) is 9.59 Å². The van der Waals surface area contributed by atoms with Crippen LogP contribution in [0.3, 0.4) is 0 Å². The second kappa shape index (κ2) is 7.43. The number of anilines is 1. The summed E-state index contributed by atoms with van der Waals surface area (Å²) in [4.78, 5) is 23.6. The van der Waals surface area contributed by atoms with Gasteiger partial charge < -0.3 is 10.4 Å². The number of hydrogen-bond acceptors (Lipinski definition) is 2. The fourth-order valence-corrected chi connectivity index (χ4v) is 3.17. The molecule has 1 aromatic carbocycles. The van der Waals surface area contributed by atoms with E-state index in [1.165, 1.54) is 5.56 Å². The van der Waals surface area contributed by atoms with Crippen molar-refractivity contribution >= 4 is 17.6 Å². The van der Waals surface area contributed by atoms with Crippen LogP contribution in [0.5, 0.6) is 0 Å². The van der Waals surface area contributed by atoms with Crippen LogP contribution in [-0.2, 0) is 16.0 Å². The van der Waals surface area contributed by atoms with Crippen LogP contribution in [0.2, 0.25) is 0 Å². The van der Waals surface area contributed by atoms with Gasteiger partial charge in [-0.2, -0.15) is 0 Å². The Labute approximate surface area is 131 Å². The topological polar surface area (TPSA) is 66.4 Å². The molecule has 1 aliphatic carbocycles. The highest BCUT2D eigenvalue weighted by Gasteiger charge is 2.42. The number of unbranched alkanes of at least 4 members (excludes halogenated alkanes) is 1. The molecule has 0 radical (unpaired) electrons. The monoisotopic (exact) mass is 303 g/mol. The van der Waals surface area contributed by atoms with Gasteiger partial charge in [0.25, 0.3) is 0 Å². The molecule has 0 heterocycles. The number of benzene rings is 1. The SMILES string of the molecule is CCCCc1ccc(NC(=O)CC2(C(=O)O)CCCC2)cc1. The molecule has 0 bridgehead atoms. The first kappa shape index (κ1) is 16.5. The summed E-state index contributed by atoms with van der Waals surface area (Å²) in [5.74, 6) is -1.04. The zero-order valence-corrected chi connectivity index (χ0v) is 13.2. The van der Waals surface area contributed by atoms with Crippen molar-refractivity contribution in [2.24, 2.45) is 5.41 Å².